The Kier molecular flexibility index (Phi) is 12.7. The Balaban J connectivity index is 2.05. The number of nitrogens with two attached hydrogens (primary N) is 1. The second kappa shape index (κ2) is 14.9. The average molecular weight is 513 g/mol. The number of carbonyl (C=O) groups excluding carboxylic acids is 3. The molecule has 0 radical (unpaired) electrons. The number of rotatable bonds is 13. The molecule has 2 atom stereocenters. The van der Waals surface area contributed by atoms with Crippen molar-refractivity contribution in [1.82, 2.24) is 15.5 Å². The summed E-state index contributed by atoms with van der Waals surface area (Å²) < 4.78 is 4.77. The summed E-state index contributed by atoms with van der Waals surface area (Å²) in [4.78, 5) is 41.1. The maximum Gasteiger partial charge on any atom is 0.407 e. The predicted molar refractivity (Wildman–Crippen MR) is 142 cm³/mol. The van der Waals surface area contributed by atoms with Gasteiger partial charge in [-0.15, -0.1) is 0 Å². The molecule has 0 bridgehead atoms. The second-order valence-electron chi connectivity index (χ2n) is 10.6. The van der Waals surface area contributed by atoms with E-state index in [2.05, 4.69) is 17.6 Å². The van der Waals surface area contributed by atoms with Crippen LogP contribution in [-0.4, -0.2) is 71.1 Å². The molecule has 202 valence electrons. The lowest BCUT2D eigenvalue weighted by molar-refractivity contribution is -0.140. The maximum atomic E-state index is 13.8. The van der Waals surface area contributed by atoms with Crippen molar-refractivity contribution in [3.05, 3.63) is 0 Å². The molecule has 1 aliphatic carbocycles. The van der Waals surface area contributed by atoms with E-state index in [0.717, 1.165) is 63.5 Å². The summed E-state index contributed by atoms with van der Waals surface area (Å²) in [7, 11) is 0. The zero-order chi connectivity index (χ0) is 25.8. The summed E-state index contributed by atoms with van der Waals surface area (Å²) in [6.45, 7) is 9.62. The molecule has 0 unspecified atom stereocenters. The van der Waals surface area contributed by atoms with E-state index in [1.165, 1.54) is 0 Å². The third-order valence-corrected chi connectivity index (χ3v) is 8.67. The molecule has 0 aromatic rings. The van der Waals surface area contributed by atoms with Crippen molar-refractivity contribution in [3.8, 4) is 0 Å². The first kappa shape index (κ1) is 29.7. The number of likely N-dealkylation sites (tertiary alicyclic amines) is 1. The lowest BCUT2D eigenvalue weighted by atomic mass is 9.86. The molecule has 2 aliphatic rings. The topological polar surface area (TPSA) is 114 Å². The molecule has 4 N–H and O–H groups in total. The van der Waals surface area contributed by atoms with Crippen LogP contribution in [0, 0.1) is 5.92 Å². The molecule has 3 amide bonds. The largest absolute Gasteiger partial charge is 0.450 e. The molecular weight excluding hydrogens is 464 g/mol. The second-order valence-corrected chi connectivity index (χ2v) is 12.3. The van der Waals surface area contributed by atoms with E-state index in [1.807, 2.05) is 20.8 Å². The van der Waals surface area contributed by atoms with Crippen molar-refractivity contribution in [1.29, 1.82) is 0 Å². The highest BCUT2D eigenvalue weighted by Gasteiger charge is 2.44. The molecule has 1 saturated heterocycles. The number of hydrogen-bond donors (Lipinski definition) is 3. The third-order valence-electron chi connectivity index (χ3n) is 7.20. The number of carbonyl (C=O) groups is 3. The number of nitrogens with zero attached hydrogens (tertiary/aromatic N) is 1. The smallest absolute Gasteiger partial charge is 0.407 e. The first-order chi connectivity index (χ1) is 16.7. The minimum absolute atomic E-state index is 0.0913. The summed E-state index contributed by atoms with van der Waals surface area (Å²) in [5.41, 5.74) is 6.00. The van der Waals surface area contributed by atoms with Crippen LogP contribution in [0.1, 0.15) is 91.9 Å². The van der Waals surface area contributed by atoms with Gasteiger partial charge < -0.3 is 26.0 Å². The summed E-state index contributed by atoms with van der Waals surface area (Å²) in [6.07, 6.45) is 8.72. The standard InChI is InChI=1S/C26H48N4O4S/c1-5-7-16-34-25(33)29-22(26(3,4)35-17-8-6-2)24(32)30-15-9-10-21(30)23(31)28-18-19-11-13-20(27)14-12-19/h19-22H,5-18,27H2,1-4H3,(H,28,31)(H,29,33)/t19-,20-,21-,22-/m0/s1. The van der Waals surface area contributed by atoms with Crippen molar-refractivity contribution in [2.75, 3.05) is 25.4 Å². The van der Waals surface area contributed by atoms with Crippen LogP contribution in [0.5, 0.6) is 0 Å². The van der Waals surface area contributed by atoms with Gasteiger partial charge in [-0.2, -0.15) is 11.8 Å². The highest BCUT2D eigenvalue weighted by Crippen LogP contribution is 2.32. The molecule has 2 rings (SSSR count). The van der Waals surface area contributed by atoms with Gasteiger partial charge in [0.2, 0.25) is 11.8 Å². The molecule has 1 aliphatic heterocycles. The van der Waals surface area contributed by atoms with E-state index in [1.54, 1.807) is 16.7 Å². The number of ether oxygens (including phenoxy) is 1. The van der Waals surface area contributed by atoms with Crippen LogP contribution in [0.25, 0.3) is 0 Å². The Morgan fingerprint density at radius 1 is 1.09 bits per heavy atom. The van der Waals surface area contributed by atoms with Crippen LogP contribution in [0.15, 0.2) is 0 Å². The lowest BCUT2D eigenvalue weighted by Gasteiger charge is -2.37. The van der Waals surface area contributed by atoms with Crippen molar-refractivity contribution in [2.45, 2.75) is 115 Å². The van der Waals surface area contributed by atoms with Crippen molar-refractivity contribution in [3.63, 3.8) is 0 Å². The first-order valence-electron chi connectivity index (χ1n) is 13.6. The van der Waals surface area contributed by atoms with Crippen LogP contribution in [0.4, 0.5) is 4.79 Å². The van der Waals surface area contributed by atoms with Gasteiger partial charge in [0, 0.05) is 23.9 Å². The third kappa shape index (κ3) is 9.48. The highest BCUT2D eigenvalue weighted by atomic mass is 32.2. The molecule has 8 nitrogen and oxygen atoms in total. The Morgan fingerprint density at radius 3 is 2.43 bits per heavy atom. The van der Waals surface area contributed by atoms with Crippen LogP contribution in [0.2, 0.25) is 0 Å². The van der Waals surface area contributed by atoms with Crippen molar-refractivity contribution >= 4 is 29.7 Å². The van der Waals surface area contributed by atoms with Crippen molar-refractivity contribution < 1.29 is 19.1 Å². The molecule has 0 aromatic heterocycles. The Labute approximate surface area is 216 Å². The van der Waals surface area contributed by atoms with E-state index in [-0.39, 0.29) is 17.9 Å². The normalized spacial score (nSPS) is 23.6. The van der Waals surface area contributed by atoms with E-state index in [4.69, 9.17) is 10.5 Å². The molecular formula is C26H48N4O4S. The van der Waals surface area contributed by atoms with Crippen LogP contribution in [0.3, 0.4) is 0 Å². The number of hydrogen-bond acceptors (Lipinski definition) is 6. The zero-order valence-electron chi connectivity index (χ0n) is 22.3. The fraction of sp³-hybridized carbons (Fsp3) is 0.885. The first-order valence-corrected chi connectivity index (χ1v) is 14.6. The monoisotopic (exact) mass is 512 g/mol. The van der Waals surface area contributed by atoms with Gasteiger partial charge in [0.05, 0.1) is 6.61 Å². The number of amides is 3. The van der Waals surface area contributed by atoms with Crippen molar-refractivity contribution in [2.24, 2.45) is 11.7 Å². The Morgan fingerprint density at radius 2 is 1.77 bits per heavy atom. The summed E-state index contributed by atoms with van der Waals surface area (Å²) in [6, 6.07) is -0.988. The number of thioether (sulfide) groups is 1. The number of unbranched alkanes of at least 4 members (excludes halogenated alkanes) is 2. The summed E-state index contributed by atoms with van der Waals surface area (Å²) in [5.74, 6) is 1.05. The van der Waals surface area contributed by atoms with Crippen LogP contribution >= 0.6 is 11.8 Å². The summed E-state index contributed by atoms with van der Waals surface area (Å²) in [5, 5.41) is 5.95. The van der Waals surface area contributed by atoms with E-state index >= 15 is 0 Å². The van der Waals surface area contributed by atoms with Gasteiger partial charge in [0.15, 0.2) is 0 Å². The minimum Gasteiger partial charge on any atom is -0.450 e. The lowest BCUT2D eigenvalue weighted by Crippen LogP contribution is -2.60. The average Bonchev–Trinajstić information content (AvgIpc) is 3.32. The van der Waals surface area contributed by atoms with Gasteiger partial charge in [-0.1, -0.05) is 26.7 Å². The Bertz CT molecular complexity index is 682. The molecule has 0 aromatic carbocycles. The number of nitrogens with one attached hydrogen (secondary N) is 2. The molecule has 35 heavy (non-hydrogen) atoms. The SMILES string of the molecule is CCCCOC(=O)N[C@@H](C(=O)N1CCC[C@H]1C(=O)NC[C@H]1CC[C@H](N)CC1)C(C)(C)SCCCC. The zero-order valence-corrected chi connectivity index (χ0v) is 23.1. The van der Waals surface area contributed by atoms with E-state index in [0.29, 0.717) is 32.0 Å². The fourth-order valence-electron chi connectivity index (χ4n) is 4.79. The molecule has 0 spiro atoms. The van der Waals surface area contributed by atoms with Gasteiger partial charge in [0.25, 0.3) is 0 Å². The van der Waals surface area contributed by atoms with Gasteiger partial charge in [-0.05, 0) is 76.9 Å². The van der Waals surface area contributed by atoms with Crippen LogP contribution in [-0.2, 0) is 14.3 Å². The molecule has 2 fully saturated rings. The minimum atomic E-state index is -0.772. The van der Waals surface area contributed by atoms with Gasteiger partial charge in [-0.25, -0.2) is 4.79 Å². The molecule has 1 heterocycles. The van der Waals surface area contributed by atoms with E-state index in [9.17, 15) is 14.4 Å². The highest BCUT2D eigenvalue weighted by molar-refractivity contribution is 8.00. The fourth-order valence-corrected chi connectivity index (χ4v) is 6.07. The van der Waals surface area contributed by atoms with Gasteiger partial charge in [-0.3, -0.25) is 9.59 Å². The summed E-state index contributed by atoms with van der Waals surface area (Å²) >= 11 is 1.68. The predicted octanol–water partition coefficient (Wildman–Crippen LogP) is 3.82. The molecule has 1 saturated carbocycles. The van der Waals surface area contributed by atoms with Gasteiger partial charge in [0.1, 0.15) is 12.1 Å². The number of alkyl carbamates (subject to hydrolysis) is 1. The quantitative estimate of drug-likeness (QED) is 0.323. The van der Waals surface area contributed by atoms with Crippen LogP contribution < -0.4 is 16.4 Å². The maximum absolute atomic E-state index is 13.8. The van der Waals surface area contributed by atoms with Gasteiger partial charge >= 0.3 is 6.09 Å². The molecule has 9 heteroatoms. The van der Waals surface area contributed by atoms with E-state index < -0.39 is 22.9 Å². The Hall–Kier alpha value is -1.48.